The van der Waals surface area contributed by atoms with Gasteiger partial charge < -0.3 is 33.2 Å². The minimum Gasteiger partial charge on any atom is -0.493 e. The van der Waals surface area contributed by atoms with Gasteiger partial charge in [-0.1, -0.05) is 13.8 Å². The Balaban J connectivity index is 1.95. The highest BCUT2D eigenvalue weighted by Crippen LogP contribution is 2.67. The van der Waals surface area contributed by atoms with Crippen molar-refractivity contribution in [1.82, 2.24) is 0 Å². The minimum absolute atomic E-state index is 0.163. The van der Waals surface area contributed by atoms with Gasteiger partial charge in [-0.15, -0.1) is 0 Å². The monoisotopic (exact) mass is 414 g/mol. The Morgan fingerprint density at radius 3 is 2.23 bits per heavy atom. The molecule has 160 valence electrons. The van der Waals surface area contributed by atoms with Crippen LogP contribution in [0.5, 0.6) is 34.5 Å². The van der Waals surface area contributed by atoms with Gasteiger partial charge in [0.05, 0.1) is 35.0 Å². The molecule has 0 unspecified atom stereocenters. The first-order valence-electron chi connectivity index (χ1n) is 10.0. The second-order valence-electron chi connectivity index (χ2n) is 7.95. The summed E-state index contributed by atoms with van der Waals surface area (Å²) in [6.07, 6.45) is 0. The molecule has 0 amide bonds. The molecule has 30 heavy (non-hydrogen) atoms. The molecule has 5 rings (SSSR count). The van der Waals surface area contributed by atoms with E-state index in [1.165, 1.54) is 0 Å². The first-order valence-corrected chi connectivity index (χ1v) is 10.0. The van der Waals surface area contributed by atoms with Crippen LogP contribution in [0.25, 0.3) is 11.1 Å². The fourth-order valence-corrected chi connectivity index (χ4v) is 5.19. The fourth-order valence-electron chi connectivity index (χ4n) is 5.19. The van der Waals surface area contributed by atoms with Crippen LogP contribution in [0.4, 0.5) is 0 Å². The van der Waals surface area contributed by atoms with Gasteiger partial charge in [0.2, 0.25) is 18.3 Å². The summed E-state index contributed by atoms with van der Waals surface area (Å²) in [4.78, 5) is 0. The summed E-state index contributed by atoms with van der Waals surface area (Å²) in [6, 6.07) is 3.99. The van der Waals surface area contributed by atoms with Crippen molar-refractivity contribution in [3.05, 3.63) is 23.3 Å². The summed E-state index contributed by atoms with van der Waals surface area (Å²) in [5, 5.41) is 0. The van der Waals surface area contributed by atoms with E-state index >= 15 is 0 Å². The third-order valence-corrected chi connectivity index (χ3v) is 6.76. The van der Waals surface area contributed by atoms with Gasteiger partial charge in [-0.25, -0.2) is 0 Å². The molecule has 3 aliphatic rings. The third kappa shape index (κ3) is 2.13. The van der Waals surface area contributed by atoms with Crippen molar-refractivity contribution in [1.29, 1.82) is 0 Å². The minimum atomic E-state index is -0.719. The van der Waals surface area contributed by atoms with Gasteiger partial charge in [-0.3, -0.25) is 0 Å². The zero-order valence-electron chi connectivity index (χ0n) is 18.1. The van der Waals surface area contributed by atoms with E-state index in [-0.39, 0.29) is 12.7 Å². The molecule has 7 heteroatoms. The van der Waals surface area contributed by atoms with Gasteiger partial charge in [-0.2, -0.15) is 0 Å². The summed E-state index contributed by atoms with van der Waals surface area (Å²) >= 11 is 0. The molecule has 0 N–H and O–H groups in total. The molecule has 2 aromatic carbocycles. The molecule has 1 aliphatic carbocycles. The molecule has 3 atom stereocenters. The molecular formula is C23H26O7. The Morgan fingerprint density at radius 2 is 1.63 bits per heavy atom. The zero-order valence-corrected chi connectivity index (χ0v) is 18.1. The van der Waals surface area contributed by atoms with Gasteiger partial charge in [0.1, 0.15) is 5.60 Å². The average molecular weight is 414 g/mol. The number of hydrogen-bond donors (Lipinski definition) is 0. The second-order valence-corrected chi connectivity index (χ2v) is 7.95. The van der Waals surface area contributed by atoms with Crippen LogP contribution in [0.15, 0.2) is 12.1 Å². The lowest BCUT2D eigenvalue weighted by atomic mass is 9.76. The molecule has 2 aromatic rings. The fraction of sp³-hybridized carbons (Fsp3) is 0.478. The van der Waals surface area contributed by atoms with E-state index in [0.717, 1.165) is 22.3 Å². The van der Waals surface area contributed by atoms with Crippen molar-refractivity contribution in [2.45, 2.75) is 19.4 Å². The van der Waals surface area contributed by atoms with Gasteiger partial charge in [0, 0.05) is 22.3 Å². The second kappa shape index (κ2) is 6.60. The number of fused-ring (bicyclic) bond motifs is 6. The summed E-state index contributed by atoms with van der Waals surface area (Å²) in [7, 11) is 6.51. The van der Waals surface area contributed by atoms with Crippen LogP contribution in [-0.4, -0.2) is 41.8 Å². The van der Waals surface area contributed by atoms with Crippen LogP contribution in [0.2, 0.25) is 0 Å². The van der Waals surface area contributed by atoms with Crippen molar-refractivity contribution in [2.24, 2.45) is 11.8 Å². The molecule has 0 aromatic heterocycles. The first-order chi connectivity index (χ1) is 14.5. The Kier molecular flexibility index (Phi) is 4.22. The highest BCUT2D eigenvalue weighted by molar-refractivity contribution is 5.92. The van der Waals surface area contributed by atoms with Gasteiger partial charge >= 0.3 is 0 Å². The topological polar surface area (TPSA) is 64.6 Å². The van der Waals surface area contributed by atoms with Crippen LogP contribution in [-0.2, 0) is 10.3 Å². The van der Waals surface area contributed by atoms with Crippen LogP contribution < -0.4 is 28.4 Å². The molecule has 1 spiro atoms. The highest BCUT2D eigenvalue weighted by atomic mass is 16.7. The summed E-state index contributed by atoms with van der Waals surface area (Å²) in [5.74, 6) is 4.14. The quantitative estimate of drug-likeness (QED) is 0.750. The number of rotatable bonds is 4. The normalized spacial score (nSPS) is 25.3. The molecule has 7 nitrogen and oxygen atoms in total. The SMILES string of the molecule is COc1cc2c(c(OC)c1OC)[C@@]1(OC[C@@H](C)[C@@H]1C)c1cc3c(c(OC)c1-2)OCO3. The predicted molar refractivity (Wildman–Crippen MR) is 109 cm³/mol. The van der Waals surface area contributed by atoms with Crippen molar-refractivity contribution in [3.63, 3.8) is 0 Å². The molecule has 1 saturated heterocycles. The van der Waals surface area contributed by atoms with E-state index in [1.807, 2.05) is 12.1 Å². The Bertz CT molecular complexity index is 1030. The zero-order chi connectivity index (χ0) is 21.2. The van der Waals surface area contributed by atoms with Crippen LogP contribution in [0, 0.1) is 11.8 Å². The maximum absolute atomic E-state index is 6.63. The van der Waals surface area contributed by atoms with Crippen LogP contribution in [0.1, 0.15) is 25.0 Å². The standard InChI is InChI=1S/C23H26O7/c1-11-9-30-23(12(11)2)14-8-16-20(29-10-28-16)21(26-5)17(14)13-7-15(24-3)19(25-4)22(27-6)18(13)23/h7-8,11-12H,9-10H2,1-6H3/t11-,12+,23+/m1/s1. The van der Waals surface area contributed by atoms with Crippen molar-refractivity contribution < 1.29 is 33.2 Å². The molecular weight excluding hydrogens is 388 g/mol. The Labute approximate surface area is 175 Å². The molecule has 0 radical (unpaired) electrons. The summed E-state index contributed by atoms with van der Waals surface area (Å²) < 4.78 is 41.2. The summed E-state index contributed by atoms with van der Waals surface area (Å²) in [5.41, 5.74) is 3.04. The average Bonchev–Trinajstić information content (AvgIpc) is 3.43. The Hall–Kier alpha value is -2.80. The van der Waals surface area contributed by atoms with Crippen molar-refractivity contribution >= 4 is 0 Å². The van der Waals surface area contributed by atoms with E-state index < -0.39 is 5.60 Å². The lowest BCUT2D eigenvalue weighted by Crippen LogP contribution is -2.32. The van der Waals surface area contributed by atoms with E-state index in [2.05, 4.69) is 13.8 Å². The van der Waals surface area contributed by atoms with Crippen molar-refractivity contribution in [3.8, 4) is 45.6 Å². The van der Waals surface area contributed by atoms with Crippen LogP contribution >= 0.6 is 0 Å². The molecule has 0 bridgehead atoms. The maximum Gasteiger partial charge on any atom is 0.231 e. The van der Waals surface area contributed by atoms with Crippen LogP contribution in [0.3, 0.4) is 0 Å². The number of methoxy groups -OCH3 is 4. The largest absolute Gasteiger partial charge is 0.493 e. The predicted octanol–water partition coefficient (Wildman–Crippen LogP) is 3.98. The number of hydrogen-bond acceptors (Lipinski definition) is 7. The van der Waals surface area contributed by atoms with E-state index in [4.69, 9.17) is 33.2 Å². The van der Waals surface area contributed by atoms with Gasteiger partial charge in [0.25, 0.3) is 0 Å². The molecule has 1 fully saturated rings. The van der Waals surface area contributed by atoms with E-state index in [0.29, 0.717) is 47.0 Å². The number of ether oxygens (including phenoxy) is 7. The van der Waals surface area contributed by atoms with E-state index in [1.54, 1.807) is 28.4 Å². The van der Waals surface area contributed by atoms with Gasteiger partial charge in [-0.05, 0) is 24.0 Å². The number of benzene rings is 2. The Morgan fingerprint density at radius 1 is 0.900 bits per heavy atom. The summed E-state index contributed by atoms with van der Waals surface area (Å²) in [6.45, 7) is 5.21. The smallest absolute Gasteiger partial charge is 0.231 e. The first kappa shape index (κ1) is 19.2. The molecule has 2 heterocycles. The molecule has 0 saturated carbocycles. The highest BCUT2D eigenvalue weighted by Gasteiger charge is 2.58. The maximum atomic E-state index is 6.63. The van der Waals surface area contributed by atoms with Crippen molar-refractivity contribution in [2.75, 3.05) is 41.8 Å². The lowest BCUT2D eigenvalue weighted by molar-refractivity contribution is 0.0157. The molecule has 2 aliphatic heterocycles. The van der Waals surface area contributed by atoms with Gasteiger partial charge in [0.15, 0.2) is 23.0 Å². The third-order valence-electron chi connectivity index (χ3n) is 6.76. The van der Waals surface area contributed by atoms with E-state index in [9.17, 15) is 0 Å². The lowest BCUT2D eigenvalue weighted by Gasteiger charge is -2.33.